The molecule has 2 aliphatic heterocycles. The minimum atomic E-state index is -1.68. The molecule has 0 spiro atoms. The average Bonchev–Trinajstić information content (AvgIpc) is 2.92. The van der Waals surface area contributed by atoms with Gasteiger partial charge in [-0.2, -0.15) is 0 Å². The van der Waals surface area contributed by atoms with Gasteiger partial charge in [0.1, 0.15) is 6.10 Å². The molecule has 3 rings (SSSR count). The van der Waals surface area contributed by atoms with Crippen LogP contribution in [0.4, 0.5) is 0 Å². The number of aliphatic hydroxyl groups is 1. The third-order valence-electron chi connectivity index (χ3n) is 5.11. The van der Waals surface area contributed by atoms with E-state index in [4.69, 9.17) is 9.47 Å². The third kappa shape index (κ3) is 4.99. The van der Waals surface area contributed by atoms with Gasteiger partial charge in [0, 0.05) is 32.2 Å². The number of allylic oxidation sites excluding steroid dienone is 3. The molecule has 1 unspecified atom stereocenters. The number of fused-ring (bicyclic) bond motifs is 2. The van der Waals surface area contributed by atoms with Crippen LogP contribution in [-0.2, 0) is 27.1 Å². The largest absolute Gasteiger partial charge is 0.459 e. The van der Waals surface area contributed by atoms with Crippen molar-refractivity contribution in [2.45, 2.75) is 69.9 Å². The summed E-state index contributed by atoms with van der Waals surface area (Å²) in [5.74, 6) is -2.08. The molecule has 0 amide bonds. The summed E-state index contributed by atoms with van der Waals surface area (Å²) in [6.45, 7) is 1.92. The second-order valence-corrected chi connectivity index (χ2v) is 7.54. The lowest BCUT2D eigenvalue weighted by atomic mass is 9.93. The van der Waals surface area contributed by atoms with Gasteiger partial charge in [-0.05, 0) is 39.0 Å². The maximum atomic E-state index is 12.3. The summed E-state index contributed by atoms with van der Waals surface area (Å²) in [6.07, 6.45) is 11.5. The monoisotopic (exact) mass is 376 g/mol. The Labute approximate surface area is 158 Å². The van der Waals surface area contributed by atoms with Crippen LogP contribution in [0.5, 0.6) is 0 Å². The van der Waals surface area contributed by atoms with Crippen molar-refractivity contribution in [3.63, 3.8) is 0 Å². The highest BCUT2D eigenvalue weighted by atomic mass is 16.6. The highest BCUT2D eigenvalue weighted by molar-refractivity contribution is 5.82. The number of carbonyl (C=O) groups excluding carboxylic acids is 1. The first-order valence-corrected chi connectivity index (χ1v) is 9.55. The van der Waals surface area contributed by atoms with Gasteiger partial charge >= 0.3 is 11.7 Å². The minimum Gasteiger partial charge on any atom is -0.459 e. The normalized spacial score (nSPS) is 30.3. The van der Waals surface area contributed by atoms with Gasteiger partial charge in [0.05, 0.1) is 11.8 Å². The van der Waals surface area contributed by atoms with Crippen molar-refractivity contribution in [1.82, 2.24) is 9.55 Å². The standard InChI is InChI=1S/C20H28N2O5/c1-14-8-6-4-3-5-7-9-15-11-16(26-18(23)10-14)12-20(25,27-15)17-13-22(2)19(24)21-17/h3-4,10,13,15-16,25H,5-9,11-12H2,1-2H3,(H,21,24)/t15?,16-,20-/m1/s1. The fourth-order valence-corrected chi connectivity index (χ4v) is 3.67. The second-order valence-electron chi connectivity index (χ2n) is 7.54. The Kier molecular flexibility index (Phi) is 6.01. The van der Waals surface area contributed by atoms with E-state index < -0.39 is 17.9 Å². The van der Waals surface area contributed by atoms with E-state index in [-0.39, 0.29) is 23.9 Å². The van der Waals surface area contributed by atoms with Crippen molar-refractivity contribution in [3.05, 3.63) is 46.2 Å². The highest BCUT2D eigenvalue weighted by Gasteiger charge is 2.44. The van der Waals surface area contributed by atoms with Crippen LogP contribution in [0.1, 0.15) is 57.6 Å². The number of ether oxygens (including phenoxy) is 2. The summed E-state index contributed by atoms with van der Waals surface area (Å²) >= 11 is 0. The lowest BCUT2D eigenvalue weighted by Gasteiger charge is -2.40. The molecule has 7 nitrogen and oxygen atoms in total. The number of hydrogen-bond donors (Lipinski definition) is 2. The van der Waals surface area contributed by atoms with Crippen LogP contribution >= 0.6 is 0 Å². The quantitative estimate of drug-likeness (QED) is 0.580. The molecule has 1 aromatic rings. The number of imidazole rings is 1. The summed E-state index contributed by atoms with van der Waals surface area (Å²) in [5.41, 5.74) is 0.921. The molecule has 2 N–H and O–H groups in total. The molecule has 1 fully saturated rings. The predicted octanol–water partition coefficient (Wildman–Crippen LogP) is 2.42. The van der Waals surface area contributed by atoms with Crippen molar-refractivity contribution in [3.8, 4) is 0 Å². The van der Waals surface area contributed by atoms with Crippen LogP contribution < -0.4 is 5.69 Å². The Hall–Kier alpha value is -2.12. The number of aryl methyl sites for hydroxylation is 1. The van der Waals surface area contributed by atoms with Gasteiger partial charge in [0.25, 0.3) is 0 Å². The smallest absolute Gasteiger partial charge is 0.330 e. The Morgan fingerprint density at radius 3 is 2.78 bits per heavy atom. The molecule has 0 saturated carbocycles. The first-order valence-electron chi connectivity index (χ1n) is 9.55. The zero-order valence-corrected chi connectivity index (χ0v) is 15.9. The number of aromatic nitrogens is 2. The zero-order chi connectivity index (χ0) is 19.4. The molecule has 0 radical (unpaired) electrons. The molecule has 2 bridgehead atoms. The number of carbonyl (C=O) groups is 1. The zero-order valence-electron chi connectivity index (χ0n) is 15.9. The van der Waals surface area contributed by atoms with Crippen molar-refractivity contribution >= 4 is 5.97 Å². The molecule has 1 saturated heterocycles. The van der Waals surface area contributed by atoms with Gasteiger partial charge in [-0.3, -0.25) is 0 Å². The SMILES string of the molecule is CC1=CC(=O)O[C@@H]2CC(CCCC=CCC1)O[C@@](O)(c1cn(C)c(=O)[nH]1)C2. The molecular weight excluding hydrogens is 348 g/mol. The molecule has 7 heteroatoms. The van der Waals surface area contributed by atoms with Crippen LogP contribution in [0.3, 0.4) is 0 Å². The van der Waals surface area contributed by atoms with Crippen molar-refractivity contribution in [1.29, 1.82) is 0 Å². The number of aromatic amines is 1. The van der Waals surface area contributed by atoms with E-state index in [1.165, 1.54) is 16.8 Å². The van der Waals surface area contributed by atoms with Crippen LogP contribution in [0.15, 0.2) is 34.8 Å². The predicted molar refractivity (Wildman–Crippen MR) is 99.9 cm³/mol. The van der Waals surface area contributed by atoms with Gasteiger partial charge in [-0.25, -0.2) is 9.59 Å². The number of hydrogen-bond acceptors (Lipinski definition) is 5. The molecule has 0 aliphatic carbocycles. The molecule has 148 valence electrons. The van der Waals surface area contributed by atoms with E-state index in [1.807, 2.05) is 6.92 Å². The Morgan fingerprint density at radius 2 is 2.04 bits per heavy atom. The second kappa shape index (κ2) is 8.27. The van der Waals surface area contributed by atoms with Crippen molar-refractivity contribution in [2.75, 3.05) is 0 Å². The topological polar surface area (TPSA) is 93.6 Å². The first kappa shape index (κ1) is 19.6. The van der Waals surface area contributed by atoms with E-state index in [0.29, 0.717) is 6.42 Å². The Morgan fingerprint density at radius 1 is 1.26 bits per heavy atom. The van der Waals surface area contributed by atoms with Crippen molar-refractivity contribution in [2.24, 2.45) is 7.05 Å². The fourth-order valence-electron chi connectivity index (χ4n) is 3.67. The summed E-state index contributed by atoms with van der Waals surface area (Å²) in [7, 11) is 1.60. The number of H-pyrrole nitrogens is 1. The summed E-state index contributed by atoms with van der Waals surface area (Å²) in [5, 5.41) is 11.1. The third-order valence-corrected chi connectivity index (χ3v) is 5.11. The summed E-state index contributed by atoms with van der Waals surface area (Å²) < 4.78 is 12.9. The van der Waals surface area contributed by atoms with Crippen LogP contribution in [0.2, 0.25) is 0 Å². The minimum absolute atomic E-state index is 0.0853. The van der Waals surface area contributed by atoms with Crippen LogP contribution in [-0.4, -0.2) is 32.8 Å². The summed E-state index contributed by atoms with van der Waals surface area (Å²) in [6, 6.07) is 0. The average molecular weight is 376 g/mol. The Balaban J connectivity index is 1.84. The molecule has 3 atom stereocenters. The molecule has 27 heavy (non-hydrogen) atoms. The lowest BCUT2D eigenvalue weighted by molar-refractivity contribution is -0.285. The molecular formula is C20H28N2O5. The number of nitrogens with one attached hydrogen (secondary N) is 1. The van der Waals surface area contributed by atoms with E-state index in [9.17, 15) is 14.7 Å². The number of esters is 1. The molecule has 1 aromatic heterocycles. The Bertz CT molecular complexity index is 791. The number of nitrogens with zero attached hydrogens (tertiary/aromatic N) is 1. The summed E-state index contributed by atoms with van der Waals surface area (Å²) in [4.78, 5) is 26.7. The van der Waals surface area contributed by atoms with E-state index in [2.05, 4.69) is 17.1 Å². The van der Waals surface area contributed by atoms with E-state index in [1.54, 1.807) is 7.05 Å². The van der Waals surface area contributed by atoms with Gasteiger partial charge in [-0.1, -0.05) is 17.7 Å². The van der Waals surface area contributed by atoms with Gasteiger partial charge in [-0.15, -0.1) is 0 Å². The number of rotatable bonds is 1. The van der Waals surface area contributed by atoms with Gasteiger partial charge in [0.15, 0.2) is 0 Å². The van der Waals surface area contributed by atoms with Crippen LogP contribution in [0, 0.1) is 0 Å². The van der Waals surface area contributed by atoms with E-state index >= 15 is 0 Å². The highest BCUT2D eigenvalue weighted by Crippen LogP contribution is 2.37. The van der Waals surface area contributed by atoms with Gasteiger partial charge in [0.2, 0.25) is 5.79 Å². The van der Waals surface area contributed by atoms with Crippen molar-refractivity contribution < 1.29 is 19.4 Å². The van der Waals surface area contributed by atoms with Crippen LogP contribution in [0.25, 0.3) is 0 Å². The fraction of sp³-hybridized carbons (Fsp3) is 0.600. The molecule has 2 aliphatic rings. The van der Waals surface area contributed by atoms with Gasteiger partial charge < -0.3 is 24.1 Å². The maximum absolute atomic E-state index is 12.3. The molecule has 0 aromatic carbocycles. The first-order chi connectivity index (χ1) is 12.9. The van der Waals surface area contributed by atoms with E-state index in [0.717, 1.165) is 37.7 Å². The molecule has 3 heterocycles. The maximum Gasteiger partial charge on any atom is 0.330 e. The lowest BCUT2D eigenvalue weighted by Crippen LogP contribution is -2.45.